The number of hydrogen-bond acceptors (Lipinski definition) is 3. The van der Waals surface area contributed by atoms with Crippen molar-refractivity contribution in [1.82, 2.24) is 15.5 Å². The van der Waals surface area contributed by atoms with E-state index < -0.39 is 0 Å². The van der Waals surface area contributed by atoms with E-state index in [1.54, 1.807) is 0 Å². The summed E-state index contributed by atoms with van der Waals surface area (Å²) in [7, 11) is 0. The van der Waals surface area contributed by atoms with Gasteiger partial charge in [0.1, 0.15) is 0 Å². The summed E-state index contributed by atoms with van der Waals surface area (Å²) in [6.07, 6.45) is 7.23. The Bertz CT molecular complexity index is 421. The van der Waals surface area contributed by atoms with Gasteiger partial charge in [0.05, 0.1) is 18.8 Å². The number of nitrogens with zero attached hydrogens (tertiary/aromatic N) is 2. The van der Waals surface area contributed by atoms with Crippen LogP contribution in [0, 0.1) is 0 Å². The second-order valence-electron chi connectivity index (χ2n) is 7.45. The molecule has 2 N–H and O–H groups in total. The molecule has 2 aliphatic rings. The third kappa shape index (κ3) is 6.52. The van der Waals surface area contributed by atoms with Crippen molar-refractivity contribution in [3.8, 4) is 0 Å². The van der Waals surface area contributed by atoms with Gasteiger partial charge in [0.25, 0.3) is 0 Å². The third-order valence-corrected chi connectivity index (χ3v) is 4.59. The predicted octanol–water partition coefficient (Wildman–Crippen LogP) is 2.77. The van der Waals surface area contributed by atoms with Gasteiger partial charge in [-0.3, -0.25) is 9.89 Å². The number of halogens is 1. The van der Waals surface area contributed by atoms with E-state index in [0.29, 0.717) is 6.04 Å². The molecule has 1 aliphatic heterocycles. The monoisotopic (exact) mass is 450 g/mol. The highest BCUT2D eigenvalue weighted by molar-refractivity contribution is 14.0. The summed E-state index contributed by atoms with van der Waals surface area (Å²) in [5.41, 5.74) is 0.0303. The molecule has 140 valence electrons. The predicted molar refractivity (Wildman–Crippen MR) is 112 cm³/mol. The van der Waals surface area contributed by atoms with Gasteiger partial charge in [-0.1, -0.05) is 12.2 Å². The zero-order valence-electron chi connectivity index (χ0n) is 15.8. The Kier molecular flexibility index (Phi) is 9.01. The molecule has 2 unspecified atom stereocenters. The van der Waals surface area contributed by atoms with Gasteiger partial charge in [0.15, 0.2) is 5.96 Å². The molecule has 1 saturated heterocycles. The summed E-state index contributed by atoms with van der Waals surface area (Å²) < 4.78 is 5.86. The van der Waals surface area contributed by atoms with Crippen LogP contribution < -0.4 is 10.6 Å². The molecule has 0 aromatic carbocycles. The molecule has 6 heteroatoms. The standard InChI is InChI=1S/C18H34N4O.HI/c1-6-19-17(21-16-9-7-8-10-16)20-13-18(4,5)22-11-14(2)23-15(3)12-22;/h7-8,14-16H,6,9-13H2,1-5H3,(H2,19,20,21);1H. The molecule has 2 rings (SSSR count). The van der Waals surface area contributed by atoms with E-state index in [-0.39, 0.29) is 41.7 Å². The van der Waals surface area contributed by atoms with Crippen molar-refractivity contribution < 1.29 is 4.74 Å². The molecule has 0 aromatic heterocycles. The minimum atomic E-state index is 0. The lowest BCUT2D eigenvalue weighted by atomic mass is 10.0. The number of aliphatic imine (C=N–C) groups is 1. The van der Waals surface area contributed by atoms with E-state index in [4.69, 9.17) is 9.73 Å². The van der Waals surface area contributed by atoms with Crippen LogP contribution in [0.2, 0.25) is 0 Å². The van der Waals surface area contributed by atoms with Gasteiger partial charge in [-0.25, -0.2) is 0 Å². The van der Waals surface area contributed by atoms with Crippen LogP contribution >= 0.6 is 24.0 Å². The van der Waals surface area contributed by atoms with E-state index in [9.17, 15) is 0 Å². The van der Waals surface area contributed by atoms with Gasteiger partial charge in [-0.05, 0) is 47.5 Å². The largest absolute Gasteiger partial charge is 0.373 e. The molecule has 5 nitrogen and oxygen atoms in total. The number of guanidine groups is 1. The molecule has 0 aromatic rings. The van der Waals surface area contributed by atoms with Gasteiger partial charge in [-0.15, -0.1) is 24.0 Å². The molecule has 0 saturated carbocycles. The van der Waals surface area contributed by atoms with E-state index in [0.717, 1.165) is 45.0 Å². The maximum absolute atomic E-state index is 5.86. The van der Waals surface area contributed by atoms with E-state index in [1.807, 2.05) is 0 Å². The third-order valence-electron chi connectivity index (χ3n) is 4.59. The van der Waals surface area contributed by atoms with Crippen LogP contribution in [-0.2, 0) is 4.74 Å². The zero-order chi connectivity index (χ0) is 16.9. The molecule has 0 spiro atoms. The lowest BCUT2D eigenvalue weighted by molar-refractivity contribution is -0.0939. The number of nitrogens with one attached hydrogen (secondary N) is 2. The fourth-order valence-corrected chi connectivity index (χ4v) is 3.29. The van der Waals surface area contributed by atoms with Crippen LogP contribution in [0.1, 0.15) is 47.5 Å². The first-order valence-corrected chi connectivity index (χ1v) is 9.01. The first-order chi connectivity index (χ1) is 10.9. The van der Waals surface area contributed by atoms with Crippen molar-refractivity contribution >= 4 is 29.9 Å². The molecule has 1 heterocycles. The van der Waals surface area contributed by atoms with Crippen LogP contribution in [0.25, 0.3) is 0 Å². The summed E-state index contributed by atoms with van der Waals surface area (Å²) in [5, 5.41) is 6.91. The van der Waals surface area contributed by atoms with Crippen molar-refractivity contribution in [1.29, 1.82) is 0 Å². The Hall–Kier alpha value is -0.340. The van der Waals surface area contributed by atoms with Gasteiger partial charge in [0, 0.05) is 31.2 Å². The molecule has 1 aliphatic carbocycles. The van der Waals surface area contributed by atoms with Gasteiger partial charge in [0.2, 0.25) is 0 Å². The molecule has 0 radical (unpaired) electrons. The summed E-state index contributed by atoms with van der Waals surface area (Å²) in [5.74, 6) is 0.934. The summed E-state index contributed by atoms with van der Waals surface area (Å²) in [4.78, 5) is 7.37. The lowest BCUT2D eigenvalue weighted by Crippen LogP contribution is -2.56. The van der Waals surface area contributed by atoms with E-state index in [1.165, 1.54) is 0 Å². The first kappa shape index (κ1) is 21.7. The van der Waals surface area contributed by atoms with Gasteiger partial charge in [-0.2, -0.15) is 0 Å². The normalized spacial score (nSPS) is 26.3. The summed E-state index contributed by atoms with van der Waals surface area (Å²) in [6.45, 7) is 14.6. The highest BCUT2D eigenvalue weighted by atomic mass is 127. The topological polar surface area (TPSA) is 48.9 Å². The van der Waals surface area contributed by atoms with Crippen LogP contribution in [-0.4, -0.2) is 60.8 Å². The Balaban J connectivity index is 0.00000288. The Morgan fingerprint density at radius 2 is 1.79 bits per heavy atom. The minimum absolute atomic E-state index is 0. The average Bonchev–Trinajstić information content (AvgIpc) is 2.97. The Morgan fingerprint density at radius 3 is 2.33 bits per heavy atom. The fraction of sp³-hybridized carbons (Fsp3) is 0.833. The number of hydrogen-bond donors (Lipinski definition) is 2. The number of morpholine rings is 1. The second kappa shape index (κ2) is 9.97. The van der Waals surface area contributed by atoms with Crippen molar-refractivity contribution in [2.24, 2.45) is 4.99 Å². The molecular formula is C18H35IN4O. The molecule has 1 fully saturated rings. The first-order valence-electron chi connectivity index (χ1n) is 9.01. The fourth-order valence-electron chi connectivity index (χ4n) is 3.29. The molecule has 24 heavy (non-hydrogen) atoms. The Labute approximate surface area is 164 Å². The van der Waals surface area contributed by atoms with Crippen LogP contribution in [0.5, 0.6) is 0 Å². The quantitative estimate of drug-likeness (QED) is 0.293. The van der Waals surface area contributed by atoms with Gasteiger partial charge >= 0.3 is 0 Å². The van der Waals surface area contributed by atoms with Crippen LogP contribution in [0.3, 0.4) is 0 Å². The average molecular weight is 450 g/mol. The van der Waals surface area contributed by atoms with E-state index in [2.05, 4.69) is 62.3 Å². The highest BCUT2D eigenvalue weighted by Gasteiger charge is 2.33. The van der Waals surface area contributed by atoms with Gasteiger partial charge < -0.3 is 15.4 Å². The minimum Gasteiger partial charge on any atom is -0.373 e. The van der Waals surface area contributed by atoms with Crippen molar-refractivity contribution in [2.75, 3.05) is 26.2 Å². The maximum Gasteiger partial charge on any atom is 0.191 e. The SMILES string of the molecule is CCNC(=NCC(C)(C)N1CC(C)OC(C)C1)NC1CC=CC1.I. The second-order valence-corrected chi connectivity index (χ2v) is 7.45. The maximum atomic E-state index is 5.86. The van der Waals surface area contributed by atoms with Crippen LogP contribution in [0.4, 0.5) is 0 Å². The van der Waals surface area contributed by atoms with E-state index >= 15 is 0 Å². The molecule has 0 amide bonds. The highest BCUT2D eigenvalue weighted by Crippen LogP contribution is 2.21. The number of rotatable bonds is 5. The Morgan fingerprint density at radius 1 is 1.21 bits per heavy atom. The molecule has 0 bridgehead atoms. The van der Waals surface area contributed by atoms with Crippen molar-refractivity contribution in [3.63, 3.8) is 0 Å². The smallest absolute Gasteiger partial charge is 0.191 e. The van der Waals surface area contributed by atoms with Crippen molar-refractivity contribution in [2.45, 2.75) is 71.2 Å². The van der Waals surface area contributed by atoms with Crippen molar-refractivity contribution in [3.05, 3.63) is 12.2 Å². The zero-order valence-corrected chi connectivity index (χ0v) is 18.2. The number of ether oxygens (including phenoxy) is 1. The van der Waals surface area contributed by atoms with Crippen LogP contribution in [0.15, 0.2) is 17.1 Å². The summed E-state index contributed by atoms with van der Waals surface area (Å²) >= 11 is 0. The summed E-state index contributed by atoms with van der Waals surface area (Å²) in [6, 6.07) is 0.486. The molecular weight excluding hydrogens is 415 g/mol. The lowest BCUT2D eigenvalue weighted by Gasteiger charge is -2.44. The molecule has 2 atom stereocenters.